The number of ether oxygens (including phenoxy) is 1. The summed E-state index contributed by atoms with van der Waals surface area (Å²) in [6.45, 7) is 2.79. The van der Waals surface area contributed by atoms with Crippen molar-refractivity contribution in [3.05, 3.63) is 87.9 Å². The van der Waals surface area contributed by atoms with Crippen LogP contribution >= 0.6 is 23.2 Å². The highest BCUT2D eigenvalue weighted by Gasteiger charge is 2.34. The Balaban J connectivity index is 0.000000188. The van der Waals surface area contributed by atoms with Gasteiger partial charge >= 0.3 is 12.2 Å². The Hall–Kier alpha value is -3.60. The molecule has 2 heterocycles. The fourth-order valence-corrected chi connectivity index (χ4v) is 6.24. The summed E-state index contributed by atoms with van der Waals surface area (Å²) >= 11 is 12.8. The second-order valence-electron chi connectivity index (χ2n) is 11.6. The van der Waals surface area contributed by atoms with Crippen LogP contribution in [0.4, 0.5) is 23.7 Å². The van der Waals surface area contributed by atoms with E-state index in [0.29, 0.717) is 45.5 Å². The van der Waals surface area contributed by atoms with Crippen molar-refractivity contribution in [1.29, 1.82) is 0 Å². The molecule has 6 rings (SSSR count). The molecule has 2 atom stereocenters. The summed E-state index contributed by atoms with van der Waals surface area (Å²) in [5.74, 6) is 2.21. The summed E-state index contributed by atoms with van der Waals surface area (Å²) < 4.78 is 49.3. The van der Waals surface area contributed by atoms with Crippen molar-refractivity contribution in [2.45, 2.75) is 76.7 Å². The van der Waals surface area contributed by atoms with Crippen LogP contribution < -0.4 is 11.1 Å². The second-order valence-corrected chi connectivity index (χ2v) is 12.4. The minimum atomic E-state index is -4.46. The quantitative estimate of drug-likeness (QED) is 0.194. The van der Waals surface area contributed by atoms with Gasteiger partial charge in [-0.15, -0.1) is 0 Å². The summed E-state index contributed by atoms with van der Waals surface area (Å²) in [6, 6.07) is 13.6. The number of rotatable bonds is 8. The molecule has 2 aliphatic carbocycles. The molecule has 244 valence electrons. The van der Waals surface area contributed by atoms with Gasteiger partial charge in [0.25, 0.3) is 0 Å². The Morgan fingerprint density at radius 3 is 2.41 bits per heavy atom. The van der Waals surface area contributed by atoms with Crippen molar-refractivity contribution in [2.75, 3.05) is 5.32 Å². The fourth-order valence-electron chi connectivity index (χ4n) is 5.66. The number of alkyl halides is 3. The number of nitrogens with one attached hydrogen (secondary N) is 1. The van der Waals surface area contributed by atoms with Gasteiger partial charge in [0.2, 0.25) is 0 Å². The standard InChI is InChI=1S/C21H25Cl2NO2.C13H10F3N3O/c1-2-13-5-3-6-15(11-13)25-12-16-20(24-26-21(16)14-9-10-14)19-17(22)7-4-8-18(19)23;14-13(15,16)11-5-4-9(7-18-11)8-2-1-3-10(6-8)19-12(17)20/h4,7-8,13-15H,2-3,5-6,9-12H2,1H3;1-7H,(H3,17,19,20). The third-order valence-corrected chi connectivity index (χ3v) is 8.89. The van der Waals surface area contributed by atoms with Crippen LogP contribution in [-0.4, -0.2) is 22.3 Å². The highest BCUT2D eigenvalue weighted by Crippen LogP contribution is 2.46. The molecule has 46 heavy (non-hydrogen) atoms. The molecule has 12 heteroatoms. The lowest BCUT2D eigenvalue weighted by Gasteiger charge is -2.28. The molecule has 2 aromatic carbocycles. The van der Waals surface area contributed by atoms with Crippen molar-refractivity contribution in [1.82, 2.24) is 10.1 Å². The summed E-state index contributed by atoms with van der Waals surface area (Å²) in [7, 11) is 0. The van der Waals surface area contributed by atoms with Crippen LogP contribution in [0, 0.1) is 5.92 Å². The lowest BCUT2D eigenvalue weighted by atomic mass is 9.85. The lowest BCUT2D eigenvalue weighted by Crippen LogP contribution is -2.22. The van der Waals surface area contributed by atoms with Gasteiger partial charge in [-0.2, -0.15) is 13.2 Å². The van der Waals surface area contributed by atoms with Gasteiger partial charge in [-0.3, -0.25) is 4.98 Å². The molecule has 2 fully saturated rings. The number of aromatic nitrogens is 2. The highest BCUT2D eigenvalue weighted by molar-refractivity contribution is 6.39. The van der Waals surface area contributed by atoms with Gasteiger partial charge < -0.3 is 20.3 Å². The molecule has 2 aromatic heterocycles. The van der Waals surface area contributed by atoms with E-state index in [4.69, 9.17) is 38.2 Å². The second kappa shape index (κ2) is 14.9. The van der Waals surface area contributed by atoms with Crippen LogP contribution in [0.5, 0.6) is 0 Å². The molecule has 0 aliphatic heterocycles. The van der Waals surface area contributed by atoms with Crippen LogP contribution in [0.3, 0.4) is 0 Å². The first-order chi connectivity index (χ1) is 22.0. The van der Waals surface area contributed by atoms with E-state index in [2.05, 4.69) is 22.4 Å². The van der Waals surface area contributed by atoms with E-state index in [-0.39, 0.29) is 0 Å². The number of halogens is 5. The number of urea groups is 1. The van der Waals surface area contributed by atoms with E-state index in [1.807, 2.05) is 18.2 Å². The molecule has 3 N–H and O–H groups in total. The predicted molar refractivity (Wildman–Crippen MR) is 173 cm³/mol. The van der Waals surface area contributed by atoms with Crippen molar-refractivity contribution in [3.63, 3.8) is 0 Å². The molecule has 0 saturated heterocycles. The van der Waals surface area contributed by atoms with Gasteiger partial charge in [-0.25, -0.2) is 4.79 Å². The molecule has 0 spiro atoms. The average Bonchev–Trinajstić information content (AvgIpc) is 3.79. The van der Waals surface area contributed by atoms with E-state index in [1.165, 1.54) is 25.3 Å². The fraction of sp³-hybridized carbons (Fsp3) is 0.382. The van der Waals surface area contributed by atoms with Gasteiger partial charge in [-0.05, 0) is 67.5 Å². The third-order valence-electron chi connectivity index (χ3n) is 8.26. The van der Waals surface area contributed by atoms with Crippen molar-refractivity contribution in [2.24, 2.45) is 11.7 Å². The average molecular weight is 676 g/mol. The van der Waals surface area contributed by atoms with E-state index in [9.17, 15) is 18.0 Å². The Kier molecular flexibility index (Phi) is 10.9. The van der Waals surface area contributed by atoms with Gasteiger partial charge in [-0.1, -0.05) is 78.8 Å². The molecule has 4 aromatic rings. The maximum absolute atomic E-state index is 12.4. The maximum Gasteiger partial charge on any atom is 0.433 e. The molecule has 0 radical (unpaired) electrons. The molecular weight excluding hydrogens is 640 g/mol. The summed E-state index contributed by atoms with van der Waals surface area (Å²) in [4.78, 5) is 14.1. The Morgan fingerprint density at radius 2 is 1.78 bits per heavy atom. The summed E-state index contributed by atoms with van der Waals surface area (Å²) in [5, 5.41) is 7.92. The Bertz CT molecular complexity index is 1620. The normalized spacial score (nSPS) is 18.0. The monoisotopic (exact) mass is 674 g/mol. The number of anilines is 1. The van der Waals surface area contributed by atoms with Crippen LogP contribution in [0.1, 0.15) is 74.8 Å². The molecule has 2 aliphatic rings. The van der Waals surface area contributed by atoms with Crippen molar-refractivity contribution >= 4 is 34.9 Å². The van der Waals surface area contributed by atoms with Crippen LogP contribution in [0.2, 0.25) is 10.0 Å². The number of primary amides is 1. The largest absolute Gasteiger partial charge is 0.433 e. The van der Waals surface area contributed by atoms with Crippen LogP contribution in [-0.2, 0) is 17.5 Å². The zero-order valence-electron chi connectivity index (χ0n) is 25.2. The van der Waals surface area contributed by atoms with Crippen molar-refractivity contribution < 1.29 is 27.2 Å². The number of carbonyl (C=O) groups is 1. The minimum absolute atomic E-state index is 0.324. The van der Waals surface area contributed by atoms with E-state index in [1.54, 1.807) is 24.3 Å². The smallest absolute Gasteiger partial charge is 0.373 e. The number of nitrogens with zero attached hydrogens (tertiary/aromatic N) is 2. The molecule has 0 bridgehead atoms. The number of carbonyl (C=O) groups excluding carboxylic acids is 1. The van der Waals surface area contributed by atoms with E-state index >= 15 is 0 Å². The van der Waals surface area contributed by atoms with Gasteiger partial charge in [0.1, 0.15) is 17.1 Å². The third kappa shape index (κ3) is 8.60. The molecule has 2 unspecified atom stereocenters. The zero-order valence-corrected chi connectivity index (χ0v) is 26.8. The maximum atomic E-state index is 12.4. The van der Waals surface area contributed by atoms with Gasteiger partial charge in [0, 0.05) is 34.5 Å². The molecule has 7 nitrogen and oxygen atoms in total. The van der Waals surface area contributed by atoms with Crippen LogP contribution in [0.25, 0.3) is 22.4 Å². The van der Waals surface area contributed by atoms with E-state index in [0.717, 1.165) is 66.4 Å². The zero-order chi connectivity index (χ0) is 32.8. The number of pyridine rings is 1. The SMILES string of the molecule is CCC1CCCC(OCc2c(-c3c(Cl)cccc3Cl)noc2C2CC2)C1.NC(=O)Nc1cccc(-c2ccc(C(F)(F)F)nc2)c1. The number of hydrogen-bond donors (Lipinski definition) is 2. The summed E-state index contributed by atoms with van der Waals surface area (Å²) in [5.41, 5.74) is 8.14. The first-order valence-corrected chi connectivity index (χ1v) is 16.0. The predicted octanol–water partition coefficient (Wildman–Crippen LogP) is 10.3. The molecule has 2 amide bonds. The lowest BCUT2D eigenvalue weighted by molar-refractivity contribution is -0.141. The molecular formula is C34H35Cl2F3N4O3. The van der Waals surface area contributed by atoms with E-state index < -0.39 is 17.9 Å². The highest BCUT2D eigenvalue weighted by atomic mass is 35.5. The first-order valence-electron chi connectivity index (χ1n) is 15.3. The number of hydrogen-bond acceptors (Lipinski definition) is 5. The van der Waals surface area contributed by atoms with Gasteiger partial charge in [0.05, 0.1) is 22.8 Å². The van der Waals surface area contributed by atoms with Crippen molar-refractivity contribution in [3.8, 4) is 22.4 Å². The number of nitrogens with two attached hydrogens (primary N) is 1. The number of amides is 2. The first kappa shape index (κ1) is 33.8. The molecule has 2 saturated carbocycles. The van der Waals surface area contributed by atoms with Gasteiger partial charge in [0.15, 0.2) is 0 Å². The number of benzene rings is 2. The van der Waals surface area contributed by atoms with Crippen LogP contribution in [0.15, 0.2) is 65.3 Å². The Morgan fingerprint density at radius 1 is 1.04 bits per heavy atom. The topological polar surface area (TPSA) is 103 Å². The Labute approximate surface area is 275 Å². The minimum Gasteiger partial charge on any atom is -0.373 e. The summed E-state index contributed by atoms with van der Waals surface area (Å²) in [6.07, 6.45) is 5.42.